The second-order valence-electron chi connectivity index (χ2n) is 4.66. The van der Waals surface area contributed by atoms with E-state index in [2.05, 4.69) is 0 Å². The monoisotopic (exact) mass is 346 g/mol. The number of hydrogen-bond acceptors (Lipinski definition) is 7. The molecule has 2 unspecified atom stereocenters. The number of rotatable bonds is 9. The lowest BCUT2D eigenvalue weighted by Crippen LogP contribution is -2.35. The molecule has 0 aliphatic carbocycles. The van der Waals surface area contributed by atoms with E-state index >= 15 is 0 Å². The van der Waals surface area contributed by atoms with Crippen LogP contribution in [0.25, 0.3) is 0 Å². The van der Waals surface area contributed by atoms with Crippen LogP contribution >= 0.6 is 7.60 Å². The van der Waals surface area contributed by atoms with Crippen LogP contribution in [0, 0.1) is 0 Å². The minimum atomic E-state index is -4.35. The highest BCUT2D eigenvalue weighted by atomic mass is 31.2. The Kier molecular flexibility index (Phi) is 7.67. The van der Waals surface area contributed by atoms with Gasteiger partial charge in [-0.1, -0.05) is 26.0 Å². The minimum absolute atomic E-state index is 0.0677. The quantitative estimate of drug-likeness (QED) is 0.393. The fourth-order valence-corrected chi connectivity index (χ4v) is 2.65. The highest BCUT2D eigenvalue weighted by Crippen LogP contribution is 2.46. The van der Waals surface area contributed by atoms with Crippen molar-refractivity contribution in [2.75, 3.05) is 20.2 Å². The van der Waals surface area contributed by atoms with Gasteiger partial charge in [0.2, 0.25) is 5.78 Å². The van der Waals surface area contributed by atoms with E-state index in [0.717, 1.165) is 0 Å². The Labute approximate surface area is 135 Å². The van der Waals surface area contributed by atoms with Gasteiger partial charge in [-0.05, 0) is 17.7 Å². The van der Waals surface area contributed by atoms with Gasteiger partial charge in [-0.15, -0.1) is 0 Å². The number of ether oxygens (including phenoxy) is 2. The lowest BCUT2D eigenvalue weighted by molar-refractivity contribution is -0.145. The zero-order valence-corrected chi connectivity index (χ0v) is 14.4. The van der Waals surface area contributed by atoms with Crippen molar-refractivity contribution >= 4 is 13.6 Å². The van der Waals surface area contributed by atoms with Crippen molar-refractivity contribution in [2.45, 2.75) is 26.2 Å². The van der Waals surface area contributed by atoms with Crippen molar-refractivity contribution in [1.29, 1.82) is 0 Å². The van der Waals surface area contributed by atoms with Crippen molar-refractivity contribution < 1.29 is 28.4 Å². The van der Waals surface area contributed by atoms with Crippen molar-refractivity contribution in [2.24, 2.45) is 5.73 Å². The molecule has 3 N–H and O–H groups in total. The third-order valence-electron chi connectivity index (χ3n) is 3.07. The van der Waals surface area contributed by atoms with E-state index in [4.69, 9.17) is 19.8 Å². The van der Waals surface area contributed by atoms with Crippen LogP contribution in [0.4, 0.5) is 0 Å². The summed E-state index contributed by atoms with van der Waals surface area (Å²) in [6.45, 7) is 4.19. The fourth-order valence-electron chi connectivity index (χ4n) is 1.65. The van der Waals surface area contributed by atoms with E-state index in [1.54, 1.807) is 45.2 Å². The van der Waals surface area contributed by atoms with E-state index in [1.807, 2.05) is 0 Å². The molecule has 0 amide bonds. The highest BCUT2D eigenvalue weighted by molar-refractivity contribution is 7.54. The van der Waals surface area contributed by atoms with Crippen LogP contribution in [-0.4, -0.2) is 41.9 Å². The molecular formula is C14H23N2O6P. The van der Waals surface area contributed by atoms with Crippen molar-refractivity contribution in [3.05, 3.63) is 29.8 Å². The molecule has 23 heavy (non-hydrogen) atoms. The molecule has 0 heterocycles. The molecule has 130 valence electrons. The van der Waals surface area contributed by atoms with E-state index in [0.29, 0.717) is 24.4 Å². The van der Waals surface area contributed by atoms with Gasteiger partial charge in [0, 0.05) is 13.1 Å². The Morgan fingerprint density at radius 1 is 1.30 bits per heavy atom. The third kappa shape index (κ3) is 5.93. The molecule has 8 nitrogen and oxygen atoms in total. The van der Waals surface area contributed by atoms with Crippen molar-refractivity contribution in [1.82, 2.24) is 5.06 Å². The van der Waals surface area contributed by atoms with Crippen LogP contribution in [0.5, 0.6) is 5.75 Å². The molecule has 0 saturated carbocycles. The van der Waals surface area contributed by atoms with Gasteiger partial charge in [-0.3, -0.25) is 4.57 Å². The molecule has 0 aliphatic rings. The van der Waals surface area contributed by atoms with Crippen molar-refractivity contribution in [3.8, 4) is 5.75 Å². The molecule has 0 bridgehead atoms. The Morgan fingerprint density at radius 2 is 1.87 bits per heavy atom. The lowest BCUT2D eigenvalue weighted by Gasteiger charge is -2.24. The van der Waals surface area contributed by atoms with E-state index < -0.39 is 19.3 Å². The zero-order valence-electron chi connectivity index (χ0n) is 13.5. The SMILES string of the molecule is CCN(CC)OP(=O)(O)C(N)C(=O)OCc1ccc(OC)cc1. The molecular weight excluding hydrogens is 323 g/mol. The van der Waals surface area contributed by atoms with Crippen molar-refractivity contribution in [3.63, 3.8) is 0 Å². The van der Waals surface area contributed by atoms with Gasteiger partial charge in [0.1, 0.15) is 12.4 Å². The second kappa shape index (κ2) is 9.00. The number of carbonyl (C=O) groups excluding carboxylic acids is 1. The van der Waals surface area contributed by atoms with Gasteiger partial charge in [-0.25, -0.2) is 9.42 Å². The Hall–Kier alpha value is -1.44. The number of benzene rings is 1. The predicted octanol–water partition coefficient (Wildman–Crippen LogP) is 1.48. The first kappa shape index (κ1) is 19.6. The summed E-state index contributed by atoms with van der Waals surface area (Å²) in [6.07, 6.45) is 0. The van der Waals surface area contributed by atoms with Crippen LogP contribution < -0.4 is 10.5 Å². The van der Waals surface area contributed by atoms with Gasteiger partial charge in [0.25, 0.3) is 0 Å². The van der Waals surface area contributed by atoms with Crippen LogP contribution in [0.2, 0.25) is 0 Å². The van der Waals surface area contributed by atoms with Crippen LogP contribution in [0.3, 0.4) is 0 Å². The third-order valence-corrected chi connectivity index (χ3v) is 4.45. The first-order valence-corrected chi connectivity index (χ1v) is 8.81. The second-order valence-corrected chi connectivity index (χ2v) is 6.51. The Balaban J connectivity index is 2.59. The molecule has 1 aromatic carbocycles. The molecule has 0 spiro atoms. The smallest absolute Gasteiger partial charge is 0.372 e. The number of hydrogen-bond donors (Lipinski definition) is 2. The van der Waals surface area contributed by atoms with Gasteiger partial charge in [0.05, 0.1) is 7.11 Å². The van der Waals surface area contributed by atoms with Gasteiger partial charge in [0.15, 0.2) is 0 Å². The predicted molar refractivity (Wildman–Crippen MR) is 84.6 cm³/mol. The molecule has 0 fully saturated rings. The summed E-state index contributed by atoms with van der Waals surface area (Å²) >= 11 is 0. The number of methoxy groups -OCH3 is 1. The number of nitrogens with two attached hydrogens (primary N) is 1. The largest absolute Gasteiger partial charge is 0.497 e. The van der Waals surface area contributed by atoms with Crippen LogP contribution in [0.15, 0.2) is 24.3 Å². The Bertz CT molecular complexity index is 547. The number of nitrogens with zero attached hydrogens (tertiary/aromatic N) is 1. The van der Waals surface area contributed by atoms with Crippen LogP contribution in [0.1, 0.15) is 19.4 Å². The molecule has 2 atom stereocenters. The summed E-state index contributed by atoms with van der Waals surface area (Å²) in [4.78, 5) is 21.6. The standard InChI is InChI=1S/C14H23N2O6P/c1-4-16(5-2)22-23(18,19)13(15)14(17)21-10-11-6-8-12(20-3)9-7-11/h6-9,13H,4-5,10,15H2,1-3H3,(H,18,19). The van der Waals surface area contributed by atoms with Gasteiger partial charge in [-0.2, -0.15) is 5.06 Å². The highest BCUT2D eigenvalue weighted by Gasteiger charge is 2.38. The number of esters is 1. The lowest BCUT2D eigenvalue weighted by atomic mass is 10.2. The number of carbonyl (C=O) groups is 1. The average Bonchev–Trinajstić information content (AvgIpc) is 2.57. The molecule has 9 heteroatoms. The summed E-state index contributed by atoms with van der Waals surface area (Å²) in [5, 5.41) is 1.25. The summed E-state index contributed by atoms with van der Waals surface area (Å²) in [5.41, 5.74) is 6.20. The molecule has 0 aromatic heterocycles. The van der Waals surface area contributed by atoms with Crippen LogP contribution in [-0.2, 0) is 25.3 Å². The fraction of sp³-hybridized carbons (Fsp3) is 0.500. The normalized spacial score (nSPS) is 15.0. The summed E-state index contributed by atoms with van der Waals surface area (Å²) in [6, 6.07) is 6.85. The Morgan fingerprint density at radius 3 is 2.35 bits per heavy atom. The topological polar surface area (TPSA) is 111 Å². The maximum absolute atomic E-state index is 12.0. The average molecular weight is 346 g/mol. The summed E-state index contributed by atoms with van der Waals surface area (Å²) in [5.74, 6) is -2.09. The van der Waals surface area contributed by atoms with Gasteiger partial charge >= 0.3 is 13.6 Å². The summed E-state index contributed by atoms with van der Waals surface area (Å²) < 4.78 is 26.9. The maximum atomic E-state index is 12.0. The first-order chi connectivity index (χ1) is 10.8. The minimum Gasteiger partial charge on any atom is -0.497 e. The van der Waals surface area contributed by atoms with E-state index in [-0.39, 0.29) is 6.61 Å². The molecule has 0 aliphatic heterocycles. The molecule has 0 saturated heterocycles. The molecule has 1 aromatic rings. The zero-order chi connectivity index (χ0) is 17.5. The van der Waals surface area contributed by atoms with Gasteiger partial charge < -0.3 is 20.1 Å². The number of hydroxylamine groups is 2. The van der Waals surface area contributed by atoms with E-state index in [9.17, 15) is 14.3 Å². The molecule has 1 rings (SSSR count). The summed E-state index contributed by atoms with van der Waals surface area (Å²) in [7, 11) is -2.81. The van der Waals surface area contributed by atoms with E-state index in [1.165, 1.54) is 5.06 Å². The maximum Gasteiger partial charge on any atom is 0.372 e. The first-order valence-electron chi connectivity index (χ1n) is 7.16. The molecule has 0 radical (unpaired) electrons.